The van der Waals surface area contributed by atoms with E-state index in [1.54, 1.807) is 0 Å². The summed E-state index contributed by atoms with van der Waals surface area (Å²) < 4.78 is 29.9. The van der Waals surface area contributed by atoms with Gasteiger partial charge in [0, 0.05) is 20.9 Å². The van der Waals surface area contributed by atoms with Gasteiger partial charge in [-0.2, -0.15) is 4.98 Å². The van der Waals surface area contributed by atoms with Crippen LogP contribution in [0, 0.1) is 0 Å². The summed E-state index contributed by atoms with van der Waals surface area (Å²) in [5.74, 6) is 0. The minimum atomic E-state index is -3.39. The van der Waals surface area contributed by atoms with Gasteiger partial charge in [0.2, 0.25) is 19.7 Å². The van der Waals surface area contributed by atoms with Crippen LogP contribution in [0.25, 0.3) is 0 Å². The third-order valence-electron chi connectivity index (χ3n) is 2.15. The first-order chi connectivity index (χ1) is 8.09. The molecule has 0 aliphatic carbocycles. The first-order valence-electron chi connectivity index (χ1n) is 5.48. The van der Waals surface area contributed by atoms with Crippen LogP contribution < -0.4 is 0 Å². The van der Waals surface area contributed by atoms with Gasteiger partial charge in [0.05, 0.1) is 0 Å². The van der Waals surface area contributed by atoms with Gasteiger partial charge in [-0.3, -0.25) is 0 Å². The van der Waals surface area contributed by atoms with Crippen molar-refractivity contribution >= 4 is 33.8 Å². The number of ether oxygens (including phenoxy) is 1. The highest BCUT2D eigenvalue weighted by atomic mass is 79.9. The molecular formula is C9H18BrN3O3SSi. The minimum absolute atomic E-state index is 0.0811. The van der Waals surface area contributed by atoms with E-state index in [9.17, 15) is 8.42 Å². The second-order valence-corrected chi connectivity index (χ2v) is 13.5. The van der Waals surface area contributed by atoms with Gasteiger partial charge in [-0.25, -0.2) is 13.1 Å². The summed E-state index contributed by atoms with van der Waals surface area (Å²) >= 11 is 3.06. The standard InChI is InChI=1S/C9H18BrN3O3SSi/c1-17(14,15)9-11-8(10)12-13(9)7-16-5-6-18(2,3)4/h5-7H2,1-4H3. The number of hydrogen-bond acceptors (Lipinski definition) is 5. The first-order valence-corrected chi connectivity index (χ1v) is 11.9. The van der Waals surface area contributed by atoms with Gasteiger partial charge >= 0.3 is 0 Å². The van der Waals surface area contributed by atoms with Crippen LogP contribution in [0.4, 0.5) is 0 Å². The van der Waals surface area contributed by atoms with Gasteiger partial charge in [0.25, 0.3) is 0 Å². The van der Waals surface area contributed by atoms with E-state index in [0.717, 1.165) is 12.3 Å². The summed E-state index contributed by atoms with van der Waals surface area (Å²) in [5, 5.41) is 3.86. The normalized spacial score (nSPS) is 12.9. The number of hydrogen-bond donors (Lipinski definition) is 0. The molecule has 0 aromatic carbocycles. The van der Waals surface area contributed by atoms with Crippen LogP contribution in [-0.2, 0) is 21.3 Å². The predicted octanol–water partition coefficient (Wildman–Crippen LogP) is 1.76. The molecule has 0 spiro atoms. The van der Waals surface area contributed by atoms with Crippen molar-refractivity contribution in [3.8, 4) is 0 Å². The quantitative estimate of drug-likeness (QED) is 0.574. The van der Waals surface area contributed by atoms with Crippen molar-refractivity contribution < 1.29 is 13.2 Å². The predicted molar refractivity (Wildman–Crippen MR) is 74.9 cm³/mol. The number of sulfone groups is 1. The van der Waals surface area contributed by atoms with E-state index in [0.29, 0.717) is 6.61 Å². The average Bonchev–Trinajstić information content (AvgIpc) is 2.52. The van der Waals surface area contributed by atoms with Crippen LogP contribution in [0.3, 0.4) is 0 Å². The maximum Gasteiger partial charge on any atom is 0.248 e. The Morgan fingerprint density at radius 3 is 2.50 bits per heavy atom. The molecule has 0 atom stereocenters. The lowest BCUT2D eigenvalue weighted by Gasteiger charge is -2.15. The molecule has 0 amide bonds. The molecule has 0 bridgehead atoms. The second-order valence-electron chi connectivity index (χ2n) is 5.28. The van der Waals surface area contributed by atoms with E-state index in [1.165, 1.54) is 4.68 Å². The molecule has 104 valence electrons. The molecule has 9 heteroatoms. The molecule has 0 fully saturated rings. The third kappa shape index (κ3) is 5.17. The van der Waals surface area contributed by atoms with Crippen LogP contribution in [-0.4, -0.2) is 44.1 Å². The third-order valence-corrected chi connectivity index (χ3v) is 5.16. The van der Waals surface area contributed by atoms with Crippen molar-refractivity contribution in [2.24, 2.45) is 0 Å². The Morgan fingerprint density at radius 1 is 1.39 bits per heavy atom. The van der Waals surface area contributed by atoms with Gasteiger partial charge in [0.1, 0.15) is 6.73 Å². The molecule has 6 nitrogen and oxygen atoms in total. The maximum absolute atomic E-state index is 11.5. The Morgan fingerprint density at radius 2 is 2.00 bits per heavy atom. The highest BCUT2D eigenvalue weighted by Crippen LogP contribution is 2.12. The second kappa shape index (κ2) is 5.80. The molecule has 0 saturated carbocycles. The molecule has 0 saturated heterocycles. The van der Waals surface area contributed by atoms with E-state index < -0.39 is 17.9 Å². The highest BCUT2D eigenvalue weighted by Gasteiger charge is 2.19. The zero-order valence-corrected chi connectivity index (χ0v) is 14.4. The van der Waals surface area contributed by atoms with E-state index in [1.807, 2.05) is 0 Å². The summed E-state index contributed by atoms with van der Waals surface area (Å²) in [4.78, 5) is 3.82. The van der Waals surface area contributed by atoms with Gasteiger partial charge in [-0.05, 0) is 22.0 Å². The lowest BCUT2D eigenvalue weighted by Crippen LogP contribution is -2.22. The lowest BCUT2D eigenvalue weighted by atomic mass is 10.8. The molecule has 0 aliphatic rings. The van der Waals surface area contributed by atoms with Gasteiger partial charge in [0.15, 0.2) is 0 Å². The SMILES string of the molecule is C[Si](C)(C)CCOCn1nc(Br)nc1S(C)(=O)=O. The van der Waals surface area contributed by atoms with Crippen molar-refractivity contribution in [3.05, 3.63) is 4.73 Å². The van der Waals surface area contributed by atoms with Crippen LogP contribution in [0.2, 0.25) is 25.7 Å². The number of aromatic nitrogens is 3. The smallest absolute Gasteiger partial charge is 0.248 e. The van der Waals surface area contributed by atoms with Gasteiger partial charge in [-0.1, -0.05) is 19.6 Å². The Balaban J connectivity index is 2.63. The van der Waals surface area contributed by atoms with Crippen LogP contribution in [0.5, 0.6) is 0 Å². The van der Waals surface area contributed by atoms with E-state index in [-0.39, 0.29) is 16.6 Å². The molecule has 1 aromatic heterocycles. The van der Waals surface area contributed by atoms with Crippen LogP contribution in [0.1, 0.15) is 0 Å². The molecule has 18 heavy (non-hydrogen) atoms. The largest absolute Gasteiger partial charge is 0.359 e. The van der Waals surface area contributed by atoms with Gasteiger partial charge < -0.3 is 4.74 Å². The Bertz CT molecular complexity index is 510. The number of nitrogens with zero attached hydrogens (tertiary/aromatic N) is 3. The van der Waals surface area contributed by atoms with E-state index in [2.05, 4.69) is 45.7 Å². The monoisotopic (exact) mass is 355 g/mol. The topological polar surface area (TPSA) is 74.1 Å². The fourth-order valence-electron chi connectivity index (χ4n) is 1.19. The summed E-state index contributed by atoms with van der Waals surface area (Å²) in [6.45, 7) is 7.47. The first kappa shape index (κ1) is 15.8. The molecular weight excluding hydrogens is 338 g/mol. The van der Waals surface area contributed by atoms with Crippen LogP contribution in [0.15, 0.2) is 9.89 Å². The molecule has 0 N–H and O–H groups in total. The molecule has 0 aliphatic heterocycles. The summed E-state index contributed by atoms with van der Waals surface area (Å²) in [6, 6.07) is 1.02. The Kier molecular flexibility index (Phi) is 5.10. The van der Waals surface area contributed by atoms with Crippen molar-refractivity contribution in [3.63, 3.8) is 0 Å². The van der Waals surface area contributed by atoms with E-state index in [4.69, 9.17) is 4.74 Å². The zero-order chi connectivity index (χ0) is 14.0. The minimum Gasteiger partial charge on any atom is -0.359 e. The Hall–Kier alpha value is -0.253. The fraction of sp³-hybridized carbons (Fsp3) is 0.778. The van der Waals surface area contributed by atoms with Crippen molar-refractivity contribution in [1.82, 2.24) is 14.8 Å². The zero-order valence-electron chi connectivity index (χ0n) is 11.0. The fourth-order valence-corrected chi connectivity index (χ4v) is 3.15. The summed E-state index contributed by atoms with van der Waals surface area (Å²) in [5.41, 5.74) is 0. The molecule has 0 radical (unpaired) electrons. The highest BCUT2D eigenvalue weighted by molar-refractivity contribution is 9.10. The van der Waals surface area contributed by atoms with E-state index >= 15 is 0 Å². The van der Waals surface area contributed by atoms with Crippen molar-refractivity contribution in [2.45, 2.75) is 37.6 Å². The summed E-state index contributed by atoms with van der Waals surface area (Å²) in [6.07, 6.45) is 1.10. The number of halogens is 1. The van der Waals surface area contributed by atoms with Gasteiger partial charge in [-0.15, -0.1) is 5.10 Å². The van der Waals surface area contributed by atoms with Crippen molar-refractivity contribution in [1.29, 1.82) is 0 Å². The Labute approximate surface area is 117 Å². The molecule has 1 aromatic rings. The molecule has 0 unspecified atom stereocenters. The average molecular weight is 356 g/mol. The summed E-state index contributed by atoms with van der Waals surface area (Å²) in [7, 11) is -4.53. The lowest BCUT2D eigenvalue weighted by molar-refractivity contribution is 0.0713. The molecule has 1 rings (SSSR count). The number of rotatable bonds is 6. The van der Waals surface area contributed by atoms with Crippen LogP contribution >= 0.6 is 15.9 Å². The maximum atomic E-state index is 11.5. The van der Waals surface area contributed by atoms with Crippen molar-refractivity contribution in [2.75, 3.05) is 12.9 Å². The molecule has 1 heterocycles.